The molecule has 0 amide bonds. The maximum Gasteiger partial charge on any atom is 0.149 e. The first-order valence-corrected chi connectivity index (χ1v) is 4.42. The smallest absolute Gasteiger partial charge is 0.149 e. The summed E-state index contributed by atoms with van der Waals surface area (Å²) in [6.45, 7) is 1.23. The summed E-state index contributed by atoms with van der Waals surface area (Å²) in [5, 5.41) is 2.85. The molecule has 1 rings (SSSR count). The third-order valence-electron chi connectivity index (χ3n) is 1.77. The van der Waals surface area contributed by atoms with E-state index in [-0.39, 0.29) is 0 Å². The van der Waals surface area contributed by atoms with Crippen molar-refractivity contribution in [3.63, 3.8) is 0 Å². The van der Waals surface area contributed by atoms with E-state index in [1.54, 1.807) is 7.11 Å². The number of anilines is 1. The van der Waals surface area contributed by atoms with Gasteiger partial charge in [0.15, 0.2) is 0 Å². The normalized spacial score (nSPS) is 10.2. The van der Waals surface area contributed by atoms with Crippen molar-refractivity contribution in [2.45, 2.75) is 6.42 Å². The molecule has 78 valence electrons. The Labute approximate surface area is 81.9 Å². The van der Waals surface area contributed by atoms with Gasteiger partial charge in [-0.05, 0) is 18.6 Å². The van der Waals surface area contributed by atoms with E-state index in [2.05, 4.69) is 5.32 Å². The second-order valence-corrected chi connectivity index (χ2v) is 2.90. The molecule has 0 saturated carbocycles. The second-order valence-electron chi connectivity index (χ2n) is 2.90. The molecule has 0 aromatic heterocycles. The van der Waals surface area contributed by atoms with E-state index in [1.807, 2.05) is 0 Å². The molecule has 1 aromatic carbocycles. The first-order chi connectivity index (χ1) is 6.74. The first kappa shape index (κ1) is 10.9. The highest BCUT2D eigenvalue weighted by molar-refractivity contribution is 5.44. The van der Waals surface area contributed by atoms with Crippen molar-refractivity contribution in [2.75, 3.05) is 25.6 Å². The summed E-state index contributed by atoms with van der Waals surface area (Å²) in [5.74, 6) is -1.13. The highest BCUT2D eigenvalue weighted by Gasteiger charge is 2.01. The van der Waals surface area contributed by atoms with Crippen molar-refractivity contribution in [1.29, 1.82) is 0 Å². The Morgan fingerprint density at radius 1 is 1.36 bits per heavy atom. The molecular weight excluding hydrogens is 188 g/mol. The summed E-state index contributed by atoms with van der Waals surface area (Å²) in [6, 6.07) is 3.47. The molecular formula is C10H13F2NO. The van der Waals surface area contributed by atoms with Crippen molar-refractivity contribution in [3.05, 3.63) is 29.8 Å². The van der Waals surface area contributed by atoms with Crippen LogP contribution in [0.1, 0.15) is 6.42 Å². The van der Waals surface area contributed by atoms with E-state index in [4.69, 9.17) is 4.74 Å². The third-order valence-corrected chi connectivity index (χ3v) is 1.77. The van der Waals surface area contributed by atoms with E-state index >= 15 is 0 Å². The molecule has 4 heteroatoms. The van der Waals surface area contributed by atoms with Crippen molar-refractivity contribution < 1.29 is 13.5 Å². The van der Waals surface area contributed by atoms with Crippen LogP contribution in [0.15, 0.2) is 18.2 Å². The average Bonchev–Trinajstić information content (AvgIpc) is 2.15. The summed E-state index contributed by atoms with van der Waals surface area (Å²) in [5.41, 5.74) is 0.322. The van der Waals surface area contributed by atoms with Crippen LogP contribution in [0.3, 0.4) is 0 Å². The van der Waals surface area contributed by atoms with Gasteiger partial charge in [0.1, 0.15) is 11.6 Å². The van der Waals surface area contributed by atoms with Gasteiger partial charge in [0.05, 0.1) is 5.69 Å². The SMILES string of the molecule is COCCCNc1ccc(F)cc1F. The number of ether oxygens (including phenoxy) is 1. The Morgan fingerprint density at radius 2 is 2.14 bits per heavy atom. The van der Waals surface area contributed by atoms with Crippen molar-refractivity contribution in [2.24, 2.45) is 0 Å². The van der Waals surface area contributed by atoms with Crippen LogP contribution >= 0.6 is 0 Å². The number of hydrogen-bond acceptors (Lipinski definition) is 2. The van der Waals surface area contributed by atoms with Crippen molar-refractivity contribution in [3.8, 4) is 0 Å². The molecule has 1 aromatic rings. The Kier molecular flexibility index (Phi) is 4.32. The lowest BCUT2D eigenvalue weighted by Crippen LogP contribution is -2.06. The highest BCUT2D eigenvalue weighted by Crippen LogP contribution is 2.14. The molecule has 0 aliphatic carbocycles. The van der Waals surface area contributed by atoms with Crippen LogP contribution in [-0.4, -0.2) is 20.3 Å². The molecule has 2 nitrogen and oxygen atoms in total. The predicted molar refractivity (Wildman–Crippen MR) is 51.3 cm³/mol. The molecule has 0 spiro atoms. The fraction of sp³-hybridized carbons (Fsp3) is 0.400. The predicted octanol–water partition coefficient (Wildman–Crippen LogP) is 2.41. The standard InChI is InChI=1S/C10H13F2NO/c1-14-6-2-5-13-10-4-3-8(11)7-9(10)12/h3-4,7,13H,2,5-6H2,1H3. The van der Waals surface area contributed by atoms with Crippen LogP contribution in [0, 0.1) is 11.6 Å². The zero-order valence-electron chi connectivity index (χ0n) is 8.02. The van der Waals surface area contributed by atoms with Crippen LogP contribution in [0.5, 0.6) is 0 Å². The zero-order valence-corrected chi connectivity index (χ0v) is 8.02. The highest BCUT2D eigenvalue weighted by atomic mass is 19.1. The third kappa shape index (κ3) is 3.30. The van der Waals surface area contributed by atoms with Gasteiger partial charge in [0.25, 0.3) is 0 Å². The fourth-order valence-corrected chi connectivity index (χ4v) is 1.07. The van der Waals surface area contributed by atoms with Gasteiger partial charge in [0, 0.05) is 26.3 Å². The molecule has 1 N–H and O–H groups in total. The second kappa shape index (κ2) is 5.54. The topological polar surface area (TPSA) is 21.3 Å². The summed E-state index contributed by atoms with van der Waals surface area (Å²) in [6.07, 6.45) is 0.785. The molecule has 0 aliphatic rings. The van der Waals surface area contributed by atoms with Gasteiger partial charge in [-0.25, -0.2) is 8.78 Å². The van der Waals surface area contributed by atoms with Crippen LogP contribution in [0.2, 0.25) is 0 Å². The lowest BCUT2D eigenvalue weighted by atomic mass is 10.3. The largest absolute Gasteiger partial charge is 0.385 e. The van der Waals surface area contributed by atoms with Crippen LogP contribution in [0.4, 0.5) is 14.5 Å². The number of nitrogens with one attached hydrogen (secondary N) is 1. The van der Waals surface area contributed by atoms with Gasteiger partial charge < -0.3 is 10.1 Å². The summed E-state index contributed by atoms with van der Waals surface area (Å²) < 4.78 is 30.4. The Hall–Kier alpha value is -1.16. The van der Waals surface area contributed by atoms with Gasteiger partial charge in [-0.15, -0.1) is 0 Å². The minimum Gasteiger partial charge on any atom is -0.385 e. The van der Waals surface area contributed by atoms with E-state index in [0.29, 0.717) is 18.8 Å². The number of methoxy groups -OCH3 is 1. The van der Waals surface area contributed by atoms with Gasteiger partial charge in [-0.2, -0.15) is 0 Å². The van der Waals surface area contributed by atoms with Crippen LogP contribution < -0.4 is 5.32 Å². The Morgan fingerprint density at radius 3 is 2.79 bits per heavy atom. The number of halogens is 2. The molecule has 0 saturated heterocycles. The monoisotopic (exact) mass is 201 g/mol. The van der Waals surface area contributed by atoms with E-state index in [0.717, 1.165) is 12.5 Å². The molecule has 0 bridgehead atoms. The van der Waals surface area contributed by atoms with E-state index in [1.165, 1.54) is 12.1 Å². The lowest BCUT2D eigenvalue weighted by Gasteiger charge is -2.06. The first-order valence-electron chi connectivity index (χ1n) is 4.42. The zero-order chi connectivity index (χ0) is 10.4. The van der Waals surface area contributed by atoms with Crippen LogP contribution in [-0.2, 0) is 4.74 Å². The minimum absolute atomic E-state index is 0.322. The number of rotatable bonds is 5. The molecule has 0 aliphatic heterocycles. The molecule has 0 heterocycles. The summed E-state index contributed by atoms with van der Waals surface area (Å²) in [7, 11) is 1.61. The maximum absolute atomic E-state index is 13.0. The lowest BCUT2D eigenvalue weighted by molar-refractivity contribution is 0.197. The van der Waals surface area contributed by atoms with Gasteiger partial charge in [-0.1, -0.05) is 0 Å². The molecule has 0 atom stereocenters. The Bertz CT molecular complexity index is 291. The van der Waals surface area contributed by atoms with Gasteiger partial charge in [-0.3, -0.25) is 0 Å². The average molecular weight is 201 g/mol. The van der Waals surface area contributed by atoms with Crippen molar-refractivity contribution in [1.82, 2.24) is 0 Å². The van der Waals surface area contributed by atoms with Crippen molar-refractivity contribution >= 4 is 5.69 Å². The van der Waals surface area contributed by atoms with Crippen LogP contribution in [0.25, 0.3) is 0 Å². The summed E-state index contributed by atoms with van der Waals surface area (Å²) >= 11 is 0. The number of hydrogen-bond donors (Lipinski definition) is 1. The Balaban J connectivity index is 2.42. The maximum atomic E-state index is 13.0. The molecule has 0 radical (unpaired) electrons. The quantitative estimate of drug-likeness (QED) is 0.738. The molecule has 0 unspecified atom stereocenters. The molecule has 0 fully saturated rings. The van der Waals surface area contributed by atoms with Gasteiger partial charge >= 0.3 is 0 Å². The fourth-order valence-electron chi connectivity index (χ4n) is 1.07. The minimum atomic E-state index is -0.567. The van der Waals surface area contributed by atoms with Gasteiger partial charge in [0.2, 0.25) is 0 Å². The van der Waals surface area contributed by atoms with E-state index in [9.17, 15) is 8.78 Å². The van der Waals surface area contributed by atoms with E-state index < -0.39 is 11.6 Å². The number of benzene rings is 1. The summed E-state index contributed by atoms with van der Waals surface area (Å²) in [4.78, 5) is 0. The molecule has 14 heavy (non-hydrogen) atoms.